The van der Waals surface area contributed by atoms with Crippen LogP contribution >= 0.6 is 0 Å². The van der Waals surface area contributed by atoms with Gasteiger partial charge in [0.1, 0.15) is 11.5 Å². The van der Waals surface area contributed by atoms with E-state index >= 15 is 0 Å². The molecule has 2 aromatic carbocycles. The highest BCUT2D eigenvalue weighted by Crippen LogP contribution is 2.27. The summed E-state index contributed by atoms with van der Waals surface area (Å²) in [5.74, 6) is 1.40. The summed E-state index contributed by atoms with van der Waals surface area (Å²) < 4.78 is 35.2. The molecule has 7 heteroatoms. The van der Waals surface area contributed by atoms with Gasteiger partial charge in [-0.2, -0.15) is 8.78 Å². The van der Waals surface area contributed by atoms with Crippen molar-refractivity contribution >= 4 is 11.6 Å². The van der Waals surface area contributed by atoms with E-state index in [2.05, 4.69) is 15.0 Å². The summed E-state index contributed by atoms with van der Waals surface area (Å²) in [5.41, 5.74) is 2.52. The minimum absolute atomic E-state index is 0.000990. The number of benzene rings is 2. The van der Waals surface area contributed by atoms with Crippen molar-refractivity contribution in [3.63, 3.8) is 0 Å². The van der Waals surface area contributed by atoms with Crippen LogP contribution in [-0.4, -0.2) is 37.6 Å². The predicted octanol–water partition coefficient (Wildman–Crippen LogP) is 5.24. The molecule has 0 spiro atoms. The number of nitrogens with zero attached hydrogens (tertiary/aromatic N) is 1. The van der Waals surface area contributed by atoms with Crippen molar-refractivity contribution in [2.45, 2.75) is 45.8 Å². The van der Waals surface area contributed by atoms with E-state index in [1.165, 1.54) is 0 Å². The summed E-state index contributed by atoms with van der Waals surface area (Å²) in [6, 6.07) is 12.5. The van der Waals surface area contributed by atoms with Gasteiger partial charge in [0, 0.05) is 30.8 Å². The van der Waals surface area contributed by atoms with E-state index in [4.69, 9.17) is 4.74 Å². The van der Waals surface area contributed by atoms with Crippen molar-refractivity contribution in [3.05, 3.63) is 53.6 Å². The number of aryl methyl sites for hydroxylation is 1. The van der Waals surface area contributed by atoms with E-state index < -0.39 is 6.61 Å². The average Bonchev–Trinajstić information content (AvgIpc) is 2.75. The molecule has 1 atom stereocenters. The van der Waals surface area contributed by atoms with Crippen molar-refractivity contribution in [1.29, 1.82) is 0 Å². The number of alkyl halides is 2. The molecule has 1 heterocycles. The molecule has 1 N–H and O–H groups in total. The van der Waals surface area contributed by atoms with E-state index in [1.54, 1.807) is 19.2 Å². The normalized spacial score (nSPS) is 16.9. The third-order valence-corrected chi connectivity index (χ3v) is 5.67. The molecule has 1 saturated heterocycles. The fourth-order valence-corrected chi connectivity index (χ4v) is 4.07. The first-order valence-electron chi connectivity index (χ1n) is 10.6. The molecule has 0 aromatic heterocycles. The summed E-state index contributed by atoms with van der Waals surface area (Å²) >= 11 is 0. The number of amides is 1. The lowest BCUT2D eigenvalue weighted by Gasteiger charge is -2.33. The summed E-state index contributed by atoms with van der Waals surface area (Å²) in [6.45, 7) is 1.43. The van der Waals surface area contributed by atoms with Gasteiger partial charge in [0.25, 0.3) is 0 Å². The van der Waals surface area contributed by atoms with Crippen LogP contribution in [0.3, 0.4) is 0 Å². The second-order valence-corrected chi connectivity index (χ2v) is 8.00. The quantitative estimate of drug-likeness (QED) is 0.589. The Balaban J connectivity index is 1.49. The highest BCUT2D eigenvalue weighted by molar-refractivity contribution is 5.91. The van der Waals surface area contributed by atoms with E-state index in [0.29, 0.717) is 18.9 Å². The van der Waals surface area contributed by atoms with Crippen molar-refractivity contribution in [3.8, 4) is 11.5 Å². The van der Waals surface area contributed by atoms with E-state index in [1.807, 2.05) is 37.3 Å². The predicted molar refractivity (Wildman–Crippen MR) is 117 cm³/mol. The van der Waals surface area contributed by atoms with Crippen LogP contribution in [0.4, 0.5) is 14.5 Å². The van der Waals surface area contributed by atoms with E-state index in [9.17, 15) is 13.6 Å². The average molecular weight is 433 g/mol. The first kappa shape index (κ1) is 23.0. The molecule has 1 aliphatic rings. The highest BCUT2D eigenvalue weighted by Gasteiger charge is 2.22. The molecule has 168 valence electrons. The Bertz CT molecular complexity index is 876. The van der Waals surface area contributed by atoms with Crippen LogP contribution in [0, 0.1) is 12.8 Å². The summed E-state index contributed by atoms with van der Waals surface area (Å²) in [6.07, 6.45) is 3.35. The molecular weight excluding hydrogens is 402 g/mol. The van der Waals surface area contributed by atoms with Crippen molar-refractivity contribution in [2.24, 2.45) is 5.92 Å². The molecule has 0 radical (unpaired) electrons. The number of ether oxygens (including phenoxy) is 2. The van der Waals surface area contributed by atoms with Crippen LogP contribution in [0.2, 0.25) is 0 Å². The van der Waals surface area contributed by atoms with Gasteiger partial charge in [-0.15, -0.1) is 0 Å². The number of carbonyl (C=O) groups is 1. The van der Waals surface area contributed by atoms with E-state index in [-0.39, 0.29) is 11.7 Å². The zero-order valence-electron chi connectivity index (χ0n) is 18.1. The van der Waals surface area contributed by atoms with Crippen LogP contribution < -0.4 is 14.8 Å². The van der Waals surface area contributed by atoms with Gasteiger partial charge in [0.2, 0.25) is 5.91 Å². The smallest absolute Gasteiger partial charge is 0.387 e. The topological polar surface area (TPSA) is 50.8 Å². The van der Waals surface area contributed by atoms with Crippen LogP contribution in [0.25, 0.3) is 0 Å². The SMILES string of the molecule is COc1ccc(NC(=O)CC[C@H]2CCCN(Cc3ccccc3OC(F)F)C2)c(C)c1. The molecule has 0 aliphatic carbocycles. The maximum atomic E-state index is 12.7. The monoisotopic (exact) mass is 432 g/mol. The molecule has 2 aromatic rings. The van der Waals surface area contributed by atoms with Crippen molar-refractivity contribution in [1.82, 2.24) is 4.90 Å². The molecule has 1 amide bonds. The molecular formula is C24H30F2N2O3. The van der Waals surface area contributed by atoms with Crippen LogP contribution in [-0.2, 0) is 11.3 Å². The van der Waals surface area contributed by atoms with Gasteiger partial charge in [-0.3, -0.25) is 9.69 Å². The van der Waals surface area contributed by atoms with Gasteiger partial charge in [-0.05, 0) is 68.5 Å². The summed E-state index contributed by atoms with van der Waals surface area (Å²) in [7, 11) is 1.62. The molecule has 1 aliphatic heterocycles. The number of nitrogens with one attached hydrogen (secondary N) is 1. The molecule has 3 rings (SSSR count). The number of rotatable bonds is 9. The Labute approximate surface area is 182 Å². The number of hydrogen-bond acceptors (Lipinski definition) is 4. The zero-order valence-corrected chi connectivity index (χ0v) is 18.1. The van der Waals surface area contributed by atoms with Crippen molar-refractivity contribution in [2.75, 3.05) is 25.5 Å². The van der Waals surface area contributed by atoms with Crippen molar-refractivity contribution < 1.29 is 23.0 Å². The fraction of sp³-hybridized carbons (Fsp3) is 0.458. The maximum absolute atomic E-state index is 12.7. The minimum atomic E-state index is -2.83. The first-order chi connectivity index (χ1) is 14.9. The Kier molecular flexibility index (Phi) is 8.23. The fourth-order valence-electron chi connectivity index (χ4n) is 4.07. The van der Waals surface area contributed by atoms with Gasteiger partial charge in [0.15, 0.2) is 0 Å². The van der Waals surface area contributed by atoms with Gasteiger partial charge in [-0.1, -0.05) is 18.2 Å². The Morgan fingerprint density at radius 2 is 2.06 bits per heavy atom. The van der Waals surface area contributed by atoms with Gasteiger partial charge < -0.3 is 14.8 Å². The van der Waals surface area contributed by atoms with Crippen LogP contribution in [0.1, 0.15) is 36.8 Å². The van der Waals surface area contributed by atoms with Crippen LogP contribution in [0.5, 0.6) is 11.5 Å². The number of hydrogen-bond donors (Lipinski definition) is 1. The molecule has 0 unspecified atom stereocenters. The second kappa shape index (κ2) is 11.1. The lowest BCUT2D eigenvalue weighted by molar-refractivity contribution is -0.116. The summed E-state index contributed by atoms with van der Waals surface area (Å²) in [4.78, 5) is 14.7. The van der Waals surface area contributed by atoms with E-state index in [0.717, 1.165) is 54.9 Å². The number of carbonyl (C=O) groups excluding carboxylic acids is 1. The lowest BCUT2D eigenvalue weighted by Crippen LogP contribution is -2.35. The maximum Gasteiger partial charge on any atom is 0.387 e. The number of anilines is 1. The standard InChI is InChI=1S/C24H30F2N2O3/c1-17-14-20(30-2)10-11-21(17)27-23(29)12-9-18-6-5-13-28(15-18)16-19-7-3-4-8-22(19)31-24(25)26/h3-4,7-8,10-11,14,18,24H,5-6,9,12-13,15-16H2,1-2H3,(H,27,29)/t18-/m1/s1. The molecule has 0 saturated carbocycles. The third kappa shape index (κ3) is 6.92. The molecule has 31 heavy (non-hydrogen) atoms. The second-order valence-electron chi connectivity index (χ2n) is 8.00. The van der Waals surface area contributed by atoms with Gasteiger partial charge >= 0.3 is 6.61 Å². The highest BCUT2D eigenvalue weighted by atomic mass is 19.3. The molecule has 1 fully saturated rings. The Morgan fingerprint density at radius 3 is 2.81 bits per heavy atom. The minimum Gasteiger partial charge on any atom is -0.497 e. The number of halogens is 2. The number of likely N-dealkylation sites (tertiary alicyclic amines) is 1. The number of methoxy groups -OCH3 is 1. The van der Waals surface area contributed by atoms with Gasteiger partial charge in [0.05, 0.1) is 7.11 Å². The summed E-state index contributed by atoms with van der Waals surface area (Å²) in [5, 5.41) is 2.98. The molecule has 0 bridgehead atoms. The number of para-hydroxylation sites is 1. The Hall–Kier alpha value is -2.67. The third-order valence-electron chi connectivity index (χ3n) is 5.67. The van der Waals surface area contributed by atoms with Crippen LogP contribution in [0.15, 0.2) is 42.5 Å². The Morgan fingerprint density at radius 1 is 1.26 bits per heavy atom. The lowest BCUT2D eigenvalue weighted by atomic mass is 9.93. The number of piperidine rings is 1. The largest absolute Gasteiger partial charge is 0.497 e. The van der Waals surface area contributed by atoms with Gasteiger partial charge in [-0.25, -0.2) is 0 Å². The first-order valence-corrected chi connectivity index (χ1v) is 10.6. The zero-order chi connectivity index (χ0) is 22.2. The molecule has 5 nitrogen and oxygen atoms in total.